The standard InChI is InChI=1S/C13H15N3O2.2C2H6/c14-13(17)12-8-9-7-10(1-2-11(9)18-12)16-5-3-15-4-6-16;2*1-2/h1-2,7-8,15H,3-6H2,(H2,14,17);2*1-2H3. The smallest absolute Gasteiger partial charge is 0.284 e. The molecule has 0 radical (unpaired) electrons. The summed E-state index contributed by atoms with van der Waals surface area (Å²) in [5.74, 6) is -0.322. The molecule has 0 bridgehead atoms. The van der Waals surface area contributed by atoms with Crippen LogP contribution in [0, 0.1) is 0 Å². The van der Waals surface area contributed by atoms with Gasteiger partial charge in [0.15, 0.2) is 5.76 Å². The van der Waals surface area contributed by atoms with Crippen molar-refractivity contribution in [3.05, 3.63) is 30.0 Å². The number of carbonyl (C=O) groups is 1. The Kier molecular flexibility index (Phi) is 7.46. The van der Waals surface area contributed by atoms with Crippen molar-refractivity contribution in [2.45, 2.75) is 27.7 Å². The Morgan fingerprint density at radius 1 is 1.14 bits per heavy atom. The van der Waals surface area contributed by atoms with E-state index in [1.54, 1.807) is 6.07 Å². The highest BCUT2D eigenvalue weighted by atomic mass is 16.3. The zero-order valence-electron chi connectivity index (χ0n) is 14.0. The fraction of sp³-hybridized carbons (Fsp3) is 0.471. The number of benzene rings is 1. The van der Waals surface area contributed by atoms with E-state index in [0.717, 1.165) is 37.3 Å². The molecule has 1 aliphatic rings. The van der Waals surface area contributed by atoms with E-state index in [-0.39, 0.29) is 5.76 Å². The number of fused-ring (bicyclic) bond motifs is 1. The van der Waals surface area contributed by atoms with Crippen LogP contribution in [0.3, 0.4) is 0 Å². The van der Waals surface area contributed by atoms with Crippen molar-refractivity contribution in [1.82, 2.24) is 5.32 Å². The lowest BCUT2D eigenvalue weighted by Crippen LogP contribution is -2.43. The van der Waals surface area contributed by atoms with E-state index >= 15 is 0 Å². The molecule has 1 saturated heterocycles. The van der Waals surface area contributed by atoms with E-state index in [9.17, 15) is 4.79 Å². The van der Waals surface area contributed by atoms with Gasteiger partial charge in [-0.25, -0.2) is 0 Å². The van der Waals surface area contributed by atoms with Gasteiger partial charge < -0.3 is 20.4 Å². The van der Waals surface area contributed by atoms with Crippen LogP contribution < -0.4 is 16.0 Å². The highest BCUT2D eigenvalue weighted by molar-refractivity contribution is 5.95. The summed E-state index contributed by atoms with van der Waals surface area (Å²) < 4.78 is 5.37. The Bertz CT molecular complexity index is 587. The summed E-state index contributed by atoms with van der Waals surface area (Å²) >= 11 is 0. The largest absolute Gasteiger partial charge is 0.451 e. The van der Waals surface area contributed by atoms with Crippen molar-refractivity contribution in [2.24, 2.45) is 5.73 Å². The summed E-state index contributed by atoms with van der Waals surface area (Å²) in [4.78, 5) is 13.4. The lowest BCUT2D eigenvalue weighted by Gasteiger charge is -2.29. The van der Waals surface area contributed by atoms with Gasteiger partial charge in [0.05, 0.1) is 0 Å². The summed E-state index contributed by atoms with van der Waals surface area (Å²) in [6.07, 6.45) is 0. The first-order valence-electron chi connectivity index (χ1n) is 8.03. The third kappa shape index (κ3) is 4.24. The number of rotatable bonds is 2. The molecule has 22 heavy (non-hydrogen) atoms. The fourth-order valence-corrected chi connectivity index (χ4v) is 2.27. The zero-order chi connectivity index (χ0) is 16.5. The van der Waals surface area contributed by atoms with Gasteiger partial charge >= 0.3 is 0 Å². The number of furan rings is 1. The monoisotopic (exact) mass is 305 g/mol. The van der Waals surface area contributed by atoms with Crippen LogP contribution in [0.25, 0.3) is 11.0 Å². The molecule has 0 aliphatic carbocycles. The Balaban J connectivity index is 0.000000561. The van der Waals surface area contributed by atoms with E-state index in [0.29, 0.717) is 5.58 Å². The second-order valence-corrected chi connectivity index (χ2v) is 4.43. The molecule has 1 aromatic carbocycles. The maximum Gasteiger partial charge on any atom is 0.284 e. The molecule has 1 fully saturated rings. The molecule has 1 aliphatic heterocycles. The van der Waals surface area contributed by atoms with Crippen LogP contribution >= 0.6 is 0 Å². The highest BCUT2D eigenvalue weighted by Gasteiger charge is 2.13. The molecule has 0 unspecified atom stereocenters. The molecule has 122 valence electrons. The molecule has 2 aromatic rings. The number of carbonyl (C=O) groups excluding carboxylic acids is 1. The van der Waals surface area contributed by atoms with Crippen LogP contribution in [0.2, 0.25) is 0 Å². The second-order valence-electron chi connectivity index (χ2n) is 4.43. The molecular formula is C17H27N3O2. The first-order chi connectivity index (χ1) is 10.7. The first kappa shape index (κ1) is 18.0. The SMILES string of the molecule is CC.CC.NC(=O)c1cc2cc(N3CCNCC3)ccc2o1. The van der Waals surface area contributed by atoms with Crippen LogP contribution in [0.1, 0.15) is 38.2 Å². The number of hydrogen-bond donors (Lipinski definition) is 2. The molecule has 0 saturated carbocycles. The molecule has 5 nitrogen and oxygen atoms in total. The van der Waals surface area contributed by atoms with Gasteiger partial charge in [-0.3, -0.25) is 4.79 Å². The average Bonchev–Trinajstić information content (AvgIpc) is 3.03. The number of nitrogens with one attached hydrogen (secondary N) is 1. The summed E-state index contributed by atoms with van der Waals surface area (Å²) in [6.45, 7) is 12.0. The molecule has 3 rings (SSSR count). The minimum absolute atomic E-state index is 0.211. The number of amides is 1. The summed E-state index contributed by atoms with van der Waals surface area (Å²) in [5.41, 5.74) is 7.06. The number of piperazine rings is 1. The maximum atomic E-state index is 11.1. The van der Waals surface area contributed by atoms with Crippen LogP contribution in [-0.4, -0.2) is 32.1 Å². The average molecular weight is 305 g/mol. The summed E-state index contributed by atoms with van der Waals surface area (Å²) in [5, 5.41) is 4.24. The second kappa shape index (κ2) is 9.10. The van der Waals surface area contributed by atoms with Gasteiger partial charge in [-0.2, -0.15) is 0 Å². The lowest BCUT2D eigenvalue weighted by molar-refractivity contribution is 0.0976. The van der Waals surface area contributed by atoms with E-state index in [2.05, 4.69) is 10.2 Å². The number of nitrogens with zero attached hydrogens (tertiary/aromatic N) is 1. The van der Waals surface area contributed by atoms with Gasteiger partial charge in [0.2, 0.25) is 0 Å². The van der Waals surface area contributed by atoms with Gasteiger partial charge in [0, 0.05) is 37.3 Å². The third-order valence-electron chi connectivity index (χ3n) is 3.22. The Morgan fingerprint density at radius 3 is 2.36 bits per heavy atom. The van der Waals surface area contributed by atoms with E-state index in [4.69, 9.17) is 10.2 Å². The van der Waals surface area contributed by atoms with Crippen LogP contribution in [0.15, 0.2) is 28.7 Å². The van der Waals surface area contributed by atoms with E-state index < -0.39 is 5.91 Å². The predicted molar refractivity (Wildman–Crippen MR) is 92.5 cm³/mol. The van der Waals surface area contributed by atoms with Crippen molar-refractivity contribution in [2.75, 3.05) is 31.1 Å². The van der Waals surface area contributed by atoms with Gasteiger partial charge in [0.25, 0.3) is 5.91 Å². The fourth-order valence-electron chi connectivity index (χ4n) is 2.27. The maximum absolute atomic E-state index is 11.1. The van der Waals surface area contributed by atoms with Gasteiger partial charge in [-0.1, -0.05) is 27.7 Å². The topological polar surface area (TPSA) is 71.5 Å². The van der Waals surface area contributed by atoms with Crippen molar-refractivity contribution < 1.29 is 9.21 Å². The minimum atomic E-state index is -0.532. The molecule has 3 N–H and O–H groups in total. The molecular weight excluding hydrogens is 278 g/mol. The Hall–Kier alpha value is -2.01. The first-order valence-corrected chi connectivity index (χ1v) is 8.03. The summed E-state index contributed by atoms with van der Waals surface area (Å²) in [7, 11) is 0. The van der Waals surface area contributed by atoms with Crippen molar-refractivity contribution >= 4 is 22.6 Å². The Morgan fingerprint density at radius 2 is 1.77 bits per heavy atom. The number of primary amides is 1. The number of nitrogens with two attached hydrogens (primary N) is 1. The van der Waals surface area contributed by atoms with Crippen LogP contribution in [0.5, 0.6) is 0 Å². The van der Waals surface area contributed by atoms with Crippen LogP contribution in [-0.2, 0) is 0 Å². The van der Waals surface area contributed by atoms with Crippen molar-refractivity contribution in [1.29, 1.82) is 0 Å². The highest BCUT2D eigenvalue weighted by Crippen LogP contribution is 2.25. The quantitative estimate of drug-likeness (QED) is 0.894. The van der Waals surface area contributed by atoms with Crippen molar-refractivity contribution in [3.8, 4) is 0 Å². The zero-order valence-corrected chi connectivity index (χ0v) is 14.0. The molecule has 0 spiro atoms. The van der Waals surface area contributed by atoms with Crippen LogP contribution in [0.4, 0.5) is 5.69 Å². The molecule has 1 amide bonds. The van der Waals surface area contributed by atoms with Gasteiger partial charge in [0.1, 0.15) is 5.58 Å². The predicted octanol–water partition coefficient (Wildman–Crippen LogP) is 2.99. The molecule has 0 atom stereocenters. The van der Waals surface area contributed by atoms with E-state index in [1.807, 2.05) is 45.9 Å². The van der Waals surface area contributed by atoms with E-state index in [1.165, 1.54) is 0 Å². The van der Waals surface area contributed by atoms with Gasteiger partial charge in [-0.05, 0) is 24.3 Å². The number of hydrogen-bond acceptors (Lipinski definition) is 4. The molecule has 5 heteroatoms. The molecule has 2 heterocycles. The van der Waals surface area contributed by atoms with Gasteiger partial charge in [-0.15, -0.1) is 0 Å². The summed E-state index contributed by atoms with van der Waals surface area (Å²) in [6, 6.07) is 7.64. The normalized spacial score (nSPS) is 13.7. The molecule has 1 aromatic heterocycles. The lowest BCUT2D eigenvalue weighted by atomic mass is 10.2. The number of anilines is 1. The minimum Gasteiger partial charge on any atom is -0.451 e. The van der Waals surface area contributed by atoms with Crippen molar-refractivity contribution in [3.63, 3.8) is 0 Å². The third-order valence-corrected chi connectivity index (χ3v) is 3.22. The Labute approximate surface area is 132 Å².